The molecule has 0 nitrogen and oxygen atoms in total. The summed E-state index contributed by atoms with van der Waals surface area (Å²) in [6, 6.07) is 0. The molecule has 0 spiro atoms. The van der Waals surface area contributed by atoms with Crippen LogP contribution >= 0.6 is 7.92 Å². The van der Waals surface area contributed by atoms with E-state index in [9.17, 15) is 0 Å². The maximum absolute atomic E-state index is 4.33. The molecule has 0 aromatic heterocycles. The highest BCUT2D eigenvalue weighted by Gasteiger charge is 2.41. The lowest BCUT2D eigenvalue weighted by Crippen LogP contribution is -2.35. The van der Waals surface area contributed by atoms with E-state index in [-0.39, 0.29) is 13.1 Å². The lowest BCUT2D eigenvalue weighted by molar-refractivity contribution is 0.665. The van der Waals surface area contributed by atoms with Gasteiger partial charge in [-0.2, -0.15) is 0 Å². The van der Waals surface area contributed by atoms with Gasteiger partial charge in [0, 0.05) is 0 Å². The molecule has 0 saturated heterocycles. The van der Waals surface area contributed by atoms with E-state index in [2.05, 4.69) is 62.3 Å². The predicted molar refractivity (Wildman–Crippen MR) is 65.9 cm³/mol. The first-order chi connectivity index (χ1) is 5.37. The number of hydrogen-bond donors (Lipinski definition) is 0. The molecule has 13 heavy (non-hydrogen) atoms. The third kappa shape index (κ3) is 3.98. The van der Waals surface area contributed by atoms with Crippen molar-refractivity contribution in [3.8, 4) is 0 Å². The van der Waals surface area contributed by atoms with E-state index in [0.29, 0.717) is 10.3 Å². The second-order valence-corrected chi connectivity index (χ2v) is 11.1. The van der Waals surface area contributed by atoms with Crippen molar-refractivity contribution in [2.75, 3.05) is 0 Å². The summed E-state index contributed by atoms with van der Waals surface area (Å²) in [4.78, 5) is 0. The molecular formula is C12H26P. The van der Waals surface area contributed by atoms with Crippen LogP contribution in [0.3, 0.4) is 0 Å². The Morgan fingerprint density at radius 1 is 0.692 bits per heavy atom. The molecule has 0 bridgehead atoms. The average Bonchev–Trinajstić information content (AvgIpc) is 1.44. The highest BCUT2D eigenvalue weighted by Crippen LogP contribution is 2.66. The van der Waals surface area contributed by atoms with Gasteiger partial charge >= 0.3 is 0 Å². The van der Waals surface area contributed by atoms with E-state index < -0.39 is 0 Å². The van der Waals surface area contributed by atoms with E-state index in [1.165, 1.54) is 0 Å². The van der Waals surface area contributed by atoms with Crippen LogP contribution in [0.1, 0.15) is 55.4 Å². The molecule has 0 unspecified atom stereocenters. The maximum Gasteiger partial charge on any atom is -0.0141 e. The fourth-order valence-corrected chi connectivity index (χ4v) is 8.47. The fraction of sp³-hybridized carbons (Fsp3) is 0.917. The standard InChI is InChI=1S/C12H26P/c1-10(2,3)13(11(4,5)6)12(7,8)9/h1H2,2-9H3. The zero-order chi connectivity index (χ0) is 11.1. The van der Waals surface area contributed by atoms with Gasteiger partial charge in [0.05, 0.1) is 0 Å². The molecule has 1 heteroatoms. The smallest absolute Gasteiger partial charge is 0.0141 e. The van der Waals surface area contributed by atoms with Gasteiger partial charge in [-0.3, -0.25) is 0 Å². The molecule has 0 aliphatic heterocycles. The Hall–Kier alpha value is 0.430. The molecular weight excluding hydrogens is 175 g/mol. The summed E-state index contributed by atoms with van der Waals surface area (Å²) < 4.78 is 0. The largest absolute Gasteiger partial charge is 0.0898 e. The van der Waals surface area contributed by atoms with Gasteiger partial charge in [-0.15, -0.1) is 0 Å². The van der Waals surface area contributed by atoms with Crippen molar-refractivity contribution in [2.24, 2.45) is 0 Å². The van der Waals surface area contributed by atoms with Crippen LogP contribution in [-0.2, 0) is 0 Å². The summed E-state index contributed by atoms with van der Waals surface area (Å²) in [6.07, 6.45) is 0. The Morgan fingerprint density at radius 3 is 0.923 bits per heavy atom. The molecule has 0 N–H and O–H groups in total. The molecule has 0 atom stereocenters. The van der Waals surface area contributed by atoms with Gasteiger partial charge in [-0.05, 0) is 22.4 Å². The SMILES string of the molecule is [CH2]C(C)(C)P(C(C)(C)C)C(C)(C)C. The highest BCUT2D eigenvalue weighted by molar-refractivity contribution is 7.62. The van der Waals surface area contributed by atoms with Gasteiger partial charge in [0.25, 0.3) is 0 Å². The fourth-order valence-electron chi connectivity index (χ4n) is 2.82. The Balaban J connectivity index is 5.02. The minimum Gasteiger partial charge on any atom is -0.0898 e. The van der Waals surface area contributed by atoms with E-state index in [4.69, 9.17) is 0 Å². The predicted octanol–water partition coefficient (Wildman–Crippen LogP) is 4.68. The van der Waals surface area contributed by atoms with Gasteiger partial charge in [-0.1, -0.05) is 63.3 Å². The zero-order valence-electron chi connectivity index (χ0n) is 10.7. The van der Waals surface area contributed by atoms with Crippen LogP contribution in [0.15, 0.2) is 0 Å². The van der Waals surface area contributed by atoms with Gasteiger partial charge in [-0.25, -0.2) is 0 Å². The Kier molecular flexibility index (Phi) is 3.65. The molecule has 0 aliphatic carbocycles. The third-order valence-electron chi connectivity index (χ3n) is 1.95. The second-order valence-electron chi connectivity index (χ2n) is 6.49. The van der Waals surface area contributed by atoms with Crippen molar-refractivity contribution in [1.82, 2.24) is 0 Å². The van der Waals surface area contributed by atoms with Crippen molar-refractivity contribution in [3.63, 3.8) is 0 Å². The Morgan fingerprint density at radius 2 is 0.923 bits per heavy atom. The molecule has 0 aromatic carbocycles. The average molecular weight is 201 g/mol. The van der Waals surface area contributed by atoms with E-state index >= 15 is 0 Å². The van der Waals surface area contributed by atoms with Crippen LogP contribution in [0.4, 0.5) is 0 Å². The number of hydrogen-bond acceptors (Lipinski definition) is 0. The van der Waals surface area contributed by atoms with Crippen molar-refractivity contribution < 1.29 is 0 Å². The van der Waals surface area contributed by atoms with Crippen molar-refractivity contribution >= 4 is 7.92 Å². The number of rotatable bonds is 1. The lowest BCUT2D eigenvalue weighted by atomic mass is 10.2. The van der Waals surface area contributed by atoms with Crippen molar-refractivity contribution in [3.05, 3.63) is 6.92 Å². The lowest BCUT2D eigenvalue weighted by Gasteiger charge is -2.49. The normalized spacial score (nSPS) is 15.2. The summed E-state index contributed by atoms with van der Waals surface area (Å²) in [5, 5.41) is 0.976. The van der Waals surface area contributed by atoms with E-state index in [1.807, 2.05) is 0 Å². The van der Waals surface area contributed by atoms with Gasteiger partial charge in [0.15, 0.2) is 0 Å². The molecule has 0 aromatic rings. The molecule has 0 amide bonds. The van der Waals surface area contributed by atoms with Gasteiger partial charge in [0.1, 0.15) is 0 Å². The van der Waals surface area contributed by atoms with Crippen LogP contribution in [0.25, 0.3) is 0 Å². The van der Waals surface area contributed by atoms with Gasteiger partial charge in [0.2, 0.25) is 0 Å². The van der Waals surface area contributed by atoms with E-state index in [1.54, 1.807) is 0 Å². The summed E-state index contributed by atoms with van der Waals surface area (Å²) in [7, 11) is -0.0949. The minimum atomic E-state index is -0.0949. The Labute approximate surface area is 86.3 Å². The quantitative estimate of drug-likeness (QED) is 0.540. The molecule has 0 aliphatic rings. The van der Waals surface area contributed by atoms with Crippen LogP contribution in [0.2, 0.25) is 0 Å². The summed E-state index contributed by atoms with van der Waals surface area (Å²) in [5.41, 5.74) is 0. The summed E-state index contributed by atoms with van der Waals surface area (Å²) in [5.74, 6) is 0. The molecule has 1 radical (unpaired) electrons. The molecule has 0 saturated carbocycles. The molecule has 0 heterocycles. The third-order valence-corrected chi connectivity index (χ3v) is 5.84. The van der Waals surface area contributed by atoms with Crippen molar-refractivity contribution in [2.45, 2.75) is 70.9 Å². The van der Waals surface area contributed by atoms with E-state index in [0.717, 1.165) is 0 Å². The molecule has 0 fully saturated rings. The van der Waals surface area contributed by atoms with Crippen LogP contribution in [0, 0.1) is 6.92 Å². The van der Waals surface area contributed by atoms with Crippen molar-refractivity contribution in [1.29, 1.82) is 0 Å². The summed E-state index contributed by atoms with van der Waals surface area (Å²) >= 11 is 0. The second kappa shape index (κ2) is 3.54. The minimum absolute atomic E-state index is 0.0949. The highest BCUT2D eigenvalue weighted by atomic mass is 31.1. The molecule has 0 rings (SSSR count). The topological polar surface area (TPSA) is 0 Å². The summed E-state index contributed by atoms with van der Waals surface area (Å²) in [6.45, 7) is 22.9. The van der Waals surface area contributed by atoms with Crippen LogP contribution < -0.4 is 0 Å². The zero-order valence-corrected chi connectivity index (χ0v) is 11.5. The first-order valence-electron chi connectivity index (χ1n) is 5.02. The monoisotopic (exact) mass is 201 g/mol. The Bertz CT molecular complexity index is 128. The first kappa shape index (κ1) is 13.4. The van der Waals surface area contributed by atoms with Crippen LogP contribution in [-0.4, -0.2) is 15.5 Å². The first-order valence-corrected chi connectivity index (χ1v) is 6.37. The van der Waals surface area contributed by atoms with Crippen LogP contribution in [0.5, 0.6) is 0 Å². The maximum atomic E-state index is 4.33. The molecule has 79 valence electrons. The van der Waals surface area contributed by atoms with Gasteiger partial charge < -0.3 is 0 Å².